The second-order valence-electron chi connectivity index (χ2n) is 11.1. The summed E-state index contributed by atoms with van der Waals surface area (Å²) < 4.78 is 17.2. The lowest BCUT2D eigenvalue weighted by molar-refractivity contribution is -0.134. The summed E-state index contributed by atoms with van der Waals surface area (Å²) in [6.07, 6.45) is 12.1. The highest BCUT2D eigenvalue weighted by Crippen LogP contribution is 2.42. The number of rotatable bonds is 6. The van der Waals surface area contributed by atoms with Gasteiger partial charge < -0.3 is 29.2 Å². The summed E-state index contributed by atoms with van der Waals surface area (Å²) >= 11 is 0. The second-order valence-corrected chi connectivity index (χ2v) is 11.1. The smallest absolute Gasteiger partial charge is 0.453 e. The molecule has 1 fully saturated rings. The van der Waals surface area contributed by atoms with E-state index in [4.69, 9.17) is 14.0 Å². The molecule has 0 radical (unpaired) electrons. The van der Waals surface area contributed by atoms with Gasteiger partial charge in [-0.1, -0.05) is 60.7 Å². The van der Waals surface area contributed by atoms with E-state index in [0.717, 1.165) is 17.7 Å². The molecule has 1 aliphatic carbocycles. The van der Waals surface area contributed by atoms with Crippen LogP contribution in [-0.4, -0.2) is 58.8 Å². The van der Waals surface area contributed by atoms with Crippen molar-refractivity contribution in [2.75, 3.05) is 13.7 Å². The van der Waals surface area contributed by atoms with E-state index in [9.17, 15) is 9.59 Å². The quantitative estimate of drug-likeness (QED) is 0.413. The Kier molecular flexibility index (Phi) is 7.26. The van der Waals surface area contributed by atoms with Crippen LogP contribution in [0.25, 0.3) is 5.57 Å². The monoisotopic (exact) mass is 530 g/mol. The molecule has 3 atom stereocenters. The number of carbonyl (C=O) groups excluding carboxylic acids is 2. The fraction of sp³-hybridized carbons (Fsp3) is 0.414. The molecular weight excluding hydrogens is 495 g/mol. The molecule has 0 bridgehead atoms. The SMILES string of the molecule is COC(=O)N[C@@H](C(=O)N1CC=C[C@H]1c1ncc(C2=CCC(B3OC(C)(C)C(C)(C)O3)C=C2)[nH]1)c1ccccc1. The number of nitrogens with one attached hydrogen (secondary N) is 2. The van der Waals surface area contributed by atoms with E-state index < -0.39 is 12.1 Å². The van der Waals surface area contributed by atoms with Gasteiger partial charge in [-0.05, 0) is 45.3 Å². The number of allylic oxidation sites excluding steroid dienone is 4. The highest BCUT2D eigenvalue weighted by atomic mass is 16.7. The Labute approximate surface area is 229 Å². The Bertz CT molecular complexity index is 1300. The number of hydrogen-bond acceptors (Lipinski definition) is 6. The summed E-state index contributed by atoms with van der Waals surface area (Å²) in [5.41, 5.74) is 1.84. The van der Waals surface area contributed by atoms with Gasteiger partial charge in [0.25, 0.3) is 5.91 Å². The lowest BCUT2D eigenvalue weighted by Gasteiger charge is -2.32. The van der Waals surface area contributed by atoms with Crippen LogP contribution in [0.4, 0.5) is 4.79 Å². The van der Waals surface area contributed by atoms with Crippen molar-refractivity contribution in [3.63, 3.8) is 0 Å². The zero-order valence-electron chi connectivity index (χ0n) is 23.0. The number of aromatic nitrogens is 2. The maximum Gasteiger partial charge on any atom is 0.465 e. The Hall–Kier alpha value is -3.63. The van der Waals surface area contributed by atoms with E-state index >= 15 is 0 Å². The second kappa shape index (κ2) is 10.5. The van der Waals surface area contributed by atoms with Gasteiger partial charge in [0.15, 0.2) is 0 Å². The van der Waals surface area contributed by atoms with Gasteiger partial charge in [-0.2, -0.15) is 0 Å². The van der Waals surface area contributed by atoms with Gasteiger partial charge >= 0.3 is 13.2 Å². The molecule has 2 aromatic rings. The van der Waals surface area contributed by atoms with Crippen molar-refractivity contribution in [1.29, 1.82) is 0 Å². The topological polar surface area (TPSA) is 106 Å². The molecule has 2 aliphatic heterocycles. The average molecular weight is 530 g/mol. The molecule has 5 rings (SSSR count). The van der Waals surface area contributed by atoms with Gasteiger partial charge in [-0.15, -0.1) is 0 Å². The molecule has 9 nitrogen and oxygen atoms in total. The summed E-state index contributed by atoms with van der Waals surface area (Å²) in [6, 6.07) is 7.86. The van der Waals surface area contributed by atoms with Crippen molar-refractivity contribution < 1.29 is 23.6 Å². The van der Waals surface area contributed by atoms with Crippen LogP contribution in [0.5, 0.6) is 0 Å². The Balaban J connectivity index is 1.29. The predicted molar refractivity (Wildman–Crippen MR) is 148 cm³/mol. The van der Waals surface area contributed by atoms with Crippen LogP contribution in [-0.2, 0) is 18.8 Å². The molecule has 2 amide bonds. The largest absolute Gasteiger partial charge is 0.465 e. The van der Waals surface area contributed by atoms with Crippen molar-refractivity contribution in [2.24, 2.45) is 0 Å². The van der Waals surface area contributed by atoms with E-state index in [0.29, 0.717) is 17.9 Å². The van der Waals surface area contributed by atoms with Crippen molar-refractivity contribution in [2.45, 2.75) is 63.2 Å². The van der Waals surface area contributed by atoms with Gasteiger partial charge in [-0.25, -0.2) is 9.78 Å². The number of H-pyrrole nitrogens is 1. The van der Waals surface area contributed by atoms with Crippen LogP contribution >= 0.6 is 0 Å². The maximum atomic E-state index is 13.7. The first kappa shape index (κ1) is 27.0. The number of alkyl carbamates (subject to hydrolysis) is 1. The zero-order valence-corrected chi connectivity index (χ0v) is 23.0. The molecule has 39 heavy (non-hydrogen) atoms. The lowest BCUT2D eigenvalue weighted by atomic mass is 9.68. The van der Waals surface area contributed by atoms with Gasteiger partial charge in [-0.3, -0.25) is 4.79 Å². The van der Waals surface area contributed by atoms with Crippen molar-refractivity contribution >= 4 is 24.7 Å². The summed E-state index contributed by atoms with van der Waals surface area (Å²) in [5, 5.41) is 2.68. The number of methoxy groups -OCH3 is 1. The molecule has 10 heteroatoms. The average Bonchev–Trinajstić information content (AvgIpc) is 3.65. The third-order valence-electron chi connectivity index (χ3n) is 8.01. The number of amides is 2. The standard InChI is InChI=1S/C29H35BN4O5/c1-28(2)29(3,4)39-30(38-28)21-15-13-19(14-16-21)22-18-31-25(32-22)23-12-9-17-34(23)26(35)24(33-27(36)37-5)20-10-7-6-8-11-20/h6-15,18,21,23-24H,16-17H2,1-5H3,(H,31,32)(H,33,36)/t21?,23-,24+/m0/s1. The highest BCUT2D eigenvalue weighted by molar-refractivity contribution is 6.48. The van der Waals surface area contributed by atoms with Crippen LogP contribution in [0.3, 0.4) is 0 Å². The summed E-state index contributed by atoms with van der Waals surface area (Å²) in [5.74, 6) is 0.529. The van der Waals surface area contributed by atoms with Crippen molar-refractivity contribution in [3.8, 4) is 0 Å². The number of nitrogens with zero attached hydrogens (tertiary/aromatic N) is 2. The third kappa shape index (κ3) is 5.31. The molecule has 0 spiro atoms. The van der Waals surface area contributed by atoms with Gasteiger partial charge in [0.2, 0.25) is 0 Å². The van der Waals surface area contributed by atoms with Gasteiger partial charge in [0.05, 0.1) is 30.2 Å². The molecule has 1 saturated heterocycles. The van der Waals surface area contributed by atoms with Crippen molar-refractivity contribution in [3.05, 3.63) is 84.0 Å². The van der Waals surface area contributed by atoms with Crippen molar-refractivity contribution in [1.82, 2.24) is 20.2 Å². The zero-order chi connectivity index (χ0) is 27.8. The first-order valence-electron chi connectivity index (χ1n) is 13.3. The normalized spacial score (nSPS) is 24.0. The molecular formula is C29H35BN4O5. The van der Waals surface area contributed by atoms with Crippen LogP contribution < -0.4 is 5.32 Å². The summed E-state index contributed by atoms with van der Waals surface area (Å²) in [6.45, 7) is 8.65. The Morgan fingerprint density at radius 3 is 2.51 bits per heavy atom. The Morgan fingerprint density at radius 2 is 1.87 bits per heavy atom. The highest BCUT2D eigenvalue weighted by Gasteiger charge is 2.53. The number of benzene rings is 1. The van der Waals surface area contributed by atoms with Crippen LogP contribution in [0.1, 0.15) is 63.3 Å². The first-order chi connectivity index (χ1) is 18.6. The molecule has 3 aliphatic rings. The van der Waals surface area contributed by atoms with Crippen LogP contribution in [0.15, 0.2) is 66.9 Å². The minimum Gasteiger partial charge on any atom is -0.453 e. The molecule has 1 unspecified atom stereocenters. The molecule has 1 aromatic carbocycles. The molecule has 2 N–H and O–H groups in total. The minimum atomic E-state index is -0.883. The van der Waals surface area contributed by atoms with E-state index in [1.54, 1.807) is 23.2 Å². The molecule has 1 aromatic heterocycles. The molecule has 0 saturated carbocycles. The molecule has 3 heterocycles. The van der Waals surface area contributed by atoms with Crippen LogP contribution in [0, 0.1) is 0 Å². The van der Waals surface area contributed by atoms with E-state index in [-0.39, 0.29) is 36.1 Å². The number of aromatic amines is 1. The van der Waals surface area contributed by atoms with E-state index in [1.165, 1.54) is 7.11 Å². The number of ether oxygens (including phenoxy) is 1. The third-order valence-corrected chi connectivity index (χ3v) is 8.01. The molecule has 204 valence electrons. The fourth-order valence-corrected chi connectivity index (χ4v) is 5.00. The lowest BCUT2D eigenvalue weighted by Crippen LogP contribution is -2.43. The fourth-order valence-electron chi connectivity index (χ4n) is 5.00. The summed E-state index contributed by atoms with van der Waals surface area (Å²) in [4.78, 5) is 35.4. The predicted octanol–water partition coefficient (Wildman–Crippen LogP) is 4.75. The van der Waals surface area contributed by atoms with E-state index in [2.05, 4.69) is 61.2 Å². The number of hydrogen-bond donors (Lipinski definition) is 2. The van der Waals surface area contributed by atoms with Gasteiger partial charge in [0, 0.05) is 12.4 Å². The Morgan fingerprint density at radius 1 is 1.15 bits per heavy atom. The number of imidazole rings is 1. The first-order valence-corrected chi connectivity index (χ1v) is 13.3. The van der Waals surface area contributed by atoms with Gasteiger partial charge in [0.1, 0.15) is 17.9 Å². The minimum absolute atomic E-state index is 0.125. The van der Waals surface area contributed by atoms with E-state index in [1.807, 2.05) is 30.4 Å². The maximum absolute atomic E-state index is 13.7. The summed E-state index contributed by atoms with van der Waals surface area (Å²) in [7, 11) is 0.985. The van der Waals surface area contributed by atoms with Crippen LogP contribution in [0.2, 0.25) is 5.82 Å². The number of carbonyl (C=O) groups is 2.